The number of nitrogens with two attached hydrogens (primary N) is 1. The van der Waals surface area contributed by atoms with Crippen LogP contribution in [-0.2, 0) is 22.0 Å². The van der Waals surface area contributed by atoms with Crippen molar-refractivity contribution < 1.29 is 14.7 Å². The summed E-state index contributed by atoms with van der Waals surface area (Å²) in [5.41, 5.74) is 7.76. The second-order valence-corrected chi connectivity index (χ2v) is 9.71. The zero-order valence-electron chi connectivity index (χ0n) is 16.7. The molecule has 0 saturated carbocycles. The van der Waals surface area contributed by atoms with E-state index in [0.717, 1.165) is 29.7 Å². The lowest BCUT2D eigenvalue weighted by Gasteiger charge is -2.28. The van der Waals surface area contributed by atoms with Crippen molar-refractivity contribution in [1.82, 2.24) is 5.32 Å². The molecule has 0 aliphatic heterocycles. The molecule has 6 heteroatoms. The van der Waals surface area contributed by atoms with Gasteiger partial charge in [-0.05, 0) is 46.1 Å². The molecule has 0 atom stereocenters. The fourth-order valence-electron chi connectivity index (χ4n) is 2.70. The molecule has 0 bridgehead atoms. The number of hydrogen-bond acceptors (Lipinski definition) is 4. The second kappa shape index (κ2) is 8.80. The van der Waals surface area contributed by atoms with Crippen LogP contribution in [0.2, 0.25) is 0 Å². The number of phenolic OH excluding ortho intramolecular Hbond substituents is 1. The van der Waals surface area contributed by atoms with Crippen LogP contribution in [0, 0.1) is 0 Å². The summed E-state index contributed by atoms with van der Waals surface area (Å²) in [5.74, 6) is 1.06. The highest BCUT2D eigenvalue weighted by molar-refractivity contribution is 7.99. The average molecular weight is 381 g/mol. The van der Waals surface area contributed by atoms with Gasteiger partial charge in [0.1, 0.15) is 5.75 Å². The highest BCUT2D eigenvalue weighted by atomic mass is 32.2. The number of nitrogens with one attached hydrogen (secondary N) is 1. The lowest BCUT2D eigenvalue weighted by atomic mass is 9.78. The molecule has 26 heavy (non-hydrogen) atoms. The SMILES string of the molecule is CC(C)(C)c1cc(CCCSCC(=O)NC(N)=O)cc(C(C)(C)C)c1O. The minimum absolute atomic E-state index is 0.137. The lowest BCUT2D eigenvalue weighted by molar-refractivity contribution is -0.117. The van der Waals surface area contributed by atoms with Gasteiger partial charge in [-0.2, -0.15) is 11.8 Å². The maximum Gasteiger partial charge on any atom is 0.318 e. The Labute approximate surface area is 161 Å². The van der Waals surface area contributed by atoms with E-state index in [4.69, 9.17) is 5.73 Å². The van der Waals surface area contributed by atoms with Gasteiger partial charge in [0.25, 0.3) is 0 Å². The van der Waals surface area contributed by atoms with Gasteiger partial charge in [0.05, 0.1) is 5.75 Å². The third-order valence-electron chi connectivity index (χ3n) is 4.04. The Bertz CT molecular complexity index is 623. The van der Waals surface area contributed by atoms with Crippen LogP contribution in [0.25, 0.3) is 0 Å². The number of benzene rings is 1. The number of aryl methyl sites for hydroxylation is 1. The van der Waals surface area contributed by atoms with Gasteiger partial charge in [0, 0.05) is 0 Å². The van der Waals surface area contributed by atoms with Crippen molar-refractivity contribution in [3.05, 3.63) is 28.8 Å². The molecule has 0 spiro atoms. The molecular weight excluding hydrogens is 348 g/mol. The molecule has 0 saturated heterocycles. The monoisotopic (exact) mass is 380 g/mol. The topological polar surface area (TPSA) is 92.4 Å². The molecule has 0 aliphatic carbocycles. The summed E-state index contributed by atoms with van der Waals surface area (Å²) in [6, 6.07) is 3.37. The van der Waals surface area contributed by atoms with Crippen molar-refractivity contribution in [2.75, 3.05) is 11.5 Å². The number of amides is 3. The first-order valence-corrected chi connectivity index (χ1v) is 10.0. The molecular formula is C20H32N2O3S. The van der Waals surface area contributed by atoms with Gasteiger partial charge in [-0.1, -0.05) is 53.7 Å². The minimum Gasteiger partial charge on any atom is -0.507 e. The number of rotatable bonds is 6. The number of hydrogen-bond donors (Lipinski definition) is 3. The predicted octanol–water partition coefficient (Wildman–Crippen LogP) is 3.85. The first-order valence-electron chi connectivity index (χ1n) is 8.86. The van der Waals surface area contributed by atoms with Crippen LogP contribution in [0.1, 0.15) is 64.7 Å². The number of thioether (sulfide) groups is 1. The number of imide groups is 1. The van der Waals surface area contributed by atoms with Crippen molar-refractivity contribution in [3.8, 4) is 5.75 Å². The third-order valence-corrected chi connectivity index (χ3v) is 5.08. The van der Waals surface area contributed by atoms with Crippen LogP contribution >= 0.6 is 11.8 Å². The third kappa shape index (κ3) is 6.90. The minimum atomic E-state index is -0.816. The maximum absolute atomic E-state index is 11.4. The molecule has 146 valence electrons. The Balaban J connectivity index is 2.78. The second-order valence-electron chi connectivity index (χ2n) is 8.61. The summed E-state index contributed by atoms with van der Waals surface area (Å²) in [5, 5.41) is 12.8. The van der Waals surface area contributed by atoms with Gasteiger partial charge in [0.15, 0.2) is 0 Å². The van der Waals surface area contributed by atoms with E-state index in [1.807, 2.05) is 0 Å². The Kier molecular flexibility index (Phi) is 7.57. The molecule has 1 aromatic carbocycles. The normalized spacial score (nSPS) is 12.1. The van der Waals surface area contributed by atoms with Crippen molar-refractivity contribution >= 4 is 23.7 Å². The zero-order chi connectivity index (χ0) is 20.1. The van der Waals surface area contributed by atoms with E-state index in [9.17, 15) is 14.7 Å². The Morgan fingerprint density at radius 1 is 1.08 bits per heavy atom. The van der Waals surface area contributed by atoms with Crippen LogP contribution in [0.15, 0.2) is 12.1 Å². The van der Waals surface area contributed by atoms with E-state index in [2.05, 4.69) is 59.0 Å². The van der Waals surface area contributed by atoms with E-state index in [1.165, 1.54) is 17.3 Å². The van der Waals surface area contributed by atoms with E-state index in [0.29, 0.717) is 5.75 Å². The van der Waals surface area contributed by atoms with Crippen LogP contribution in [0.5, 0.6) is 5.75 Å². The number of carbonyl (C=O) groups excluding carboxylic acids is 2. The van der Waals surface area contributed by atoms with Gasteiger partial charge in [-0.25, -0.2) is 4.79 Å². The van der Waals surface area contributed by atoms with Crippen molar-refractivity contribution in [3.63, 3.8) is 0 Å². The Morgan fingerprint density at radius 2 is 1.58 bits per heavy atom. The van der Waals surface area contributed by atoms with Crippen LogP contribution in [0.4, 0.5) is 4.79 Å². The first kappa shape index (κ1) is 22.4. The summed E-state index contributed by atoms with van der Waals surface area (Å²) in [7, 11) is 0. The Hall–Kier alpha value is -1.69. The van der Waals surface area contributed by atoms with Gasteiger partial charge in [0.2, 0.25) is 5.91 Å². The van der Waals surface area contributed by atoms with E-state index >= 15 is 0 Å². The maximum atomic E-state index is 11.4. The number of carbonyl (C=O) groups is 2. The highest BCUT2D eigenvalue weighted by Crippen LogP contribution is 2.40. The van der Waals surface area contributed by atoms with Crippen LogP contribution in [0.3, 0.4) is 0 Å². The highest BCUT2D eigenvalue weighted by Gasteiger charge is 2.26. The van der Waals surface area contributed by atoms with Crippen LogP contribution < -0.4 is 11.1 Å². The molecule has 1 rings (SSSR count). The summed E-state index contributed by atoms with van der Waals surface area (Å²) >= 11 is 1.48. The molecule has 1 aromatic rings. The summed E-state index contributed by atoms with van der Waals surface area (Å²) in [6.45, 7) is 12.6. The van der Waals surface area contributed by atoms with E-state index in [1.54, 1.807) is 0 Å². The molecule has 0 aliphatic rings. The largest absolute Gasteiger partial charge is 0.507 e. The average Bonchev–Trinajstić information content (AvgIpc) is 2.45. The lowest BCUT2D eigenvalue weighted by Crippen LogP contribution is -2.36. The fourth-order valence-corrected chi connectivity index (χ4v) is 3.45. The van der Waals surface area contributed by atoms with E-state index < -0.39 is 6.03 Å². The molecule has 5 nitrogen and oxygen atoms in total. The summed E-state index contributed by atoms with van der Waals surface area (Å²) in [4.78, 5) is 22.0. The Morgan fingerprint density at radius 3 is 2.00 bits per heavy atom. The molecule has 0 heterocycles. The standard InChI is InChI=1S/C20H32N2O3S/c1-19(2,3)14-10-13(11-15(17(14)24)20(4,5)6)8-7-9-26-12-16(23)22-18(21)25/h10-11,24H,7-9,12H2,1-6H3,(H3,21,22,23,25). The van der Waals surface area contributed by atoms with Gasteiger partial charge in [-0.3, -0.25) is 10.1 Å². The molecule has 4 N–H and O–H groups in total. The number of urea groups is 1. The number of aromatic hydroxyl groups is 1. The van der Waals surface area contributed by atoms with Crippen molar-refractivity contribution in [2.45, 2.75) is 65.2 Å². The van der Waals surface area contributed by atoms with E-state index in [-0.39, 0.29) is 22.5 Å². The fraction of sp³-hybridized carbons (Fsp3) is 0.600. The van der Waals surface area contributed by atoms with Crippen LogP contribution in [-0.4, -0.2) is 28.6 Å². The number of phenols is 1. The van der Waals surface area contributed by atoms with Gasteiger partial charge >= 0.3 is 6.03 Å². The predicted molar refractivity (Wildman–Crippen MR) is 109 cm³/mol. The molecule has 0 radical (unpaired) electrons. The first-order chi connectivity index (χ1) is 11.8. The number of primary amides is 1. The van der Waals surface area contributed by atoms with Gasteiger partial charge in [-0.15, -0.1) is 0 Å². The smallest absolute Gasteiger partial charge is 0.318 e. The zero-order valence-corrected chi connectivity index (χ0v) is 17.5. The van der Waals surface area contributed by atoms with Crippen molar-refractivity contribution in [2.24, 2.45) is 5.73 Å². The summed E-state index contributed by atoms with van der Waals surface area (Å²) < 4.78 is 0. The van der Waals surface area contributed by atoms with Crippen molar-refractivity contribution in [1.29, 1.82) is 0 Å². The van der Waals surface area contributed by atoms with Gasteiger partial charge < -0.3 is 10.8 Å². The molecule has 3 amide bonds. The molecule has 0 fully saturated rings. The molecule has 0 unspecified atom stereocenters. The quantitative estimate of drug-likeness (QED) is 0.654. The molecule has 0 aromatic heterocycles. The summed E-state index contributed by atoms with van der Waals surface area (Å²) in [6.07, 6.45) is 1.78.